The third-order valence-corrected chi connectivity index (χ3v) is 3.27. The number of hydrogen-bond donors (Lipinski definition) is 1. The number of aromatic nitrogens is 2. The largest absolute Gasteiger partial charge is 0.437 e. The second-order valence-electron chi connectivity index (χ2n) is 4.45. The molecule has 1 aliphatic carbocycles. The van der Waals surface area contributed by atoms with Gasteiger partial charge in [0.2, 0.25) is 5.88 Å². The Kier molecular flexibility index (Phi) is 2.94. The van der Waals surface area contributed by atoms with Crippen molar-refractivity contribution in [3.8, 4) is 11.6 Å². The van der Waals surface area contributed by atoms with Gasteiger partial charge in [-0.3, -0.25) is 0 Å². The van der Waals surface area contributed by atoms with E-state index in [-0.39, 0.29) is 0 Å². The fourth-order valence-corrected chi connectivity index (χ4v) is 2.31. The number of nitrogens with zero attached hydrogens (tertiary/aromatic N) is 2. The van der Waals surface area contributed by atoms with Crippen LogP contribution in [0.5, 0.6) is 11.6 Å². The van der Waals surface area contributed by atoms with Crippen LogP contribution in [0.3, 0.4) is 0 Å². The molecule has 0 amide bonds. The lowest BCUT2D eigenvalue weighted by Crippen LogP contribution is -2.02. The highest BCUT2D eigenvalue weighted by Gasteiger charge is 2.12. The molecule has 18 heavy (non-hydrogen) atoms. The highest BCUT2D eigenvalue weighted by Crippen LogP contribution is 2.29. The minimum absolute atomic E-state index is 0.399. The van der Waals surface area contributed by atoms with Crippen LogP contribution in [0.4, 0.5) is 0 Å². The Morgan fingerprint density at radius 3 is 2.94 bits per heavy atom. The predicted molar refractivity (Wildman–Crippen MR) is 68.5 cm³/mol. The van der Waals surface area contributed by atoms with Crippen molar-refractivity contribution in [2.75, 3.05) is 0 Å². The smallest absolute Gasteiger partial charge is 0.243 e. The first-order chi connectivity index (χ1) is 8.86. The SMILES string of the molecule is NCc1ccnnc1Oc1ccc2c(c1)CCC2. The molecule has 1 aromatic carbocycles. The fraction of sp³-hybridized carbons (Fsp3) is 0.286. The van der Waals surface area contributed by atoms with E-state index in [1.54, 1.807) is 6.20 Å². The first-order valence-electron chi connectivity index (χ1n) is 6.17. The van der Waals surface area contributed by atoms with Crippen molar-refractivity contribution in [3.05, 3.63) is 47.2 Å². The van der Waals surface area contributed by atoms with Crippen molar-refractivity contribution >= 4 is 0 Å². The van der Waals surface area contributed by atoms with Crippen molar-refractivity contribution in [3.63, 3.8) is 0 Å². The number of ether oxygens (including phenoxy) is 1. The van der Waals surface area contributed by atoms with Crippen molar-refractivity contribution in [1.82, 2.24) is 10.2 Å². The molecule has 4 nitrogen and oxygen atoms in total. The molecule has 0 saturated heterocycles. The van der Waals surface area contributed by atoms with E-state index in [0.717, 1.165) is 17.7 Å². The van der Waals surface area contributed by atoms with Gasteiger partial charge in [0.15, 0.2) is 0 Å². The van der Waals surface area contributed by atoms with Crippen molar-refractivity contribution in [2.45, 2.75) is 25.8 Å². The summed E-state index contributed by atoms with van der Waals surface area (Å²) in [7, 11) is 0. The van der Waals surface area contributed by atoms with Crippen LogP contribution in [-0.2, 0) is 19.4 Å². The quantitative estimate of drug-likeness (QED) is 0.895. The summed E-state index contributed by atoms with van der Waals surface area (Å²) in [5.74, 6) is 1.31. The zero-order valence-electron chi connectivity index (χ0n) is 10.1. The monoisotopic (exact) mass is 241 g/mol. The molecular weight excluding hydrogens is 226 g/mol. The molecule has 3 rings (SSSR count). The third kappa shape index (κ3) is 2.07. The van der Waals surface area contributed by atoms with Crippen LogP contribution in [0.25, 0.3) is 0 Å². The van der Waals surface area contributed by atoms with Gasteiger partial charge in [0.1, 0.15) is 5.75 Å². The number of nitrogens with two attached hydrogens (primary N) is 1. The molecule has 0 saturated carbocycles. The molecule has 0 fully saturated rings. The van der Waals surface area contributed by atoms with E-state index in [4.69, 9.17) is 10.5 Å². The molecule has 1 aliphatic rings. The van der Waals surface area contributed by atoms with Gasteiger partial charge >= 0.3 is 0 Å². The summed E-state index contributed by atoms with van der Waals surface area (Å²) in [6.45, 7) is 0.399. The summed E-state index contributed by atoms with van der Waals surface area (Å²) in [4.78, 5) is 0. The highest BCUT2D eigenvalue weighted by molar-refractivity contribution is 5.40. The molecule has 0 spiro atoms. The van der Waals surface area contributed by atoms with Crippen LogP contribution < -0.4 is 10.5 Å². The van der Waals surface area contributed by atoms with Crippen LogP contribution in [0.1, 0.15) is 23.1 Å². The Labute approximate surface area is 106 Å². The van der Waals surface area contributed by atoms with Gasteiger partial charge in [0.05, 0.1) is 6.20 Å². The molecule has 2 aromatic rings. The predicted octanol–water partition coefficient (Wildman–Crippen LogP) is 2.22. The summed E-state index contributed by atoms with van der Waals surface area (Å²) in [6, 6.07) is 8.04. The van der Waals surface area contributed by atoms with E-state index in [1.807, 2.05) is 12.1 Å². The van der Waals surface area contributed by atoms with Crippen molar-refractivity contribution < 1.29 is 4.74 Å². The van der Waals surface area contributed by atoms with E-state index < -0.39 is 0 Å². The maximum Gasteiger partial charge on any atom is 0.243 e. The molecule has 0 radical (unpaired) electrons. The van der Waals surface area contributed by atoms with Crippen LogP contribution in [-0.4, -0.2) is 10.2 Å². The molecule has 0 bridgehead atoms. The topological polar surface area (TPSA) is 61.0 Å². The normalized spacial score (nSPS) is 13.4. The van der Waals surface area contributed by atoms with Crippen molar-refractivity contribution in [1.29, 1.82) is 0 Å². The van der Waals surface area contributed by atoms with E-state index in [9.17, 15) is 0 Å². The van der Waals surface area contributed by atoms with Crippen LogP contribution in [0, 0.1) is 0 Å². The highest BCUT2D eigenvalue weighted by atomic mass is 16.5. The zero-order valence-corrected chi connectivity index (χ0v) is 10.1. The molecule has 0 unspecified atom stereocenters. The second-order valence-corrected chi connectivity index (χ2v) is 4.45. The molecule has 92 valence electrons. The van der Waals surface area contributed by atoms with E-state index in [1.165, 1.54) is 24.0 Å². The lowest BCUT2D eigenvalue weighted by Gasteiger charge is -2.09. The Balaban J connectivity index is 1.88. The Hall–Kier alpha value is -1.94. The lowest BCUT2D eigenvalue weighted by atomic mass is 10.1. The van der Waals surface area contributed by atoms with Crippen molar-refractivity contribution in [2.24, 2.45) is 5.73 Å². The standard InChI is InChI=1S/C14H15N3O/c15-9-12-6-7-16-17-14(12)18-13-5-4-10-2-1-3-11(10)8-13/h4-8H,1-3,9,15H2. The summed E-state index contributed by atoms with van der Waals surface area (Å²) >= 11 is 0. The first kappa shape index (κ1) is 11.2. The molecule has 2 N–H and O–H groups in total. The van der Waals surface area contributed by atoms with E-state index in [2.05, 4.69) is 22.3 Å². The summed E-state index contributed by atoms with van der Waals surface area (Å²) in [5, 5.41) is 7.82. The second kappa shape index (κ2) is 4.74. The molecule has 1 aromatic heterocycles. The third-order valence-electron chi connectivity index (χ3n) is 3.27. The number of rotatable bonds is 3. The maximum atomic E-state index is 5.77. The Bertz CT molecular complexity index is 569. The molecule has 0 aliphatic heterocycles. The van der Waals surface area contributed by atoms with Crippen LogP contribution in [0.2, 0.25) is 0 Å². The Morgan fingerprint density at radius 2 is 2.06 bits per heavy atom. The van der Waals surface area contributed by atoms with Gasteiger partial charge < -0.3 is 10.5 Å². The summed E-state index contributed by atoms with van der Waals surface area (Å²) in [5.41, 5.74) is 9.32. The number of fused-ring (bicyclic) bond motifs is 1. The van der Waals surface area contributed by atoms with Gasteiger partial charge in [0.25, 0.3) is 0 Å². The van der Waals surface area contributed by atoms with Crippen LogP contribution in [0.15, 0.2) is 30.5 Å². The molecule has 4 heteroatoms. The number of aryl methyl sites for hydroxylation is 2. The van der Waals surface area contributed by atoms with E-state index in [0.29, 0.717) is 12.4 Å². The first-order valence-corrected chi connectivity index (χ1v) is 6.17. The number of hydrogen-bond acceptors (Lipinski definition) is 4. The van der Waals surface area contributed by atoms with Gasteiger partial charge in [-0.15, -0.1) is 5.10 Å². The summed E-state index contributed by atoms with van der Waals surface area (Å²) in [6.07, 6.45) is 5.17. The molecular formula is C14H15N3O. The lowest BCUT2D eigenvalue weighted by molar-refractivity contribution is 0.448. The zero-order chi connectivity index (χ0) is 12.4. The van der Waals surface area contributed by atoms with Gasteiger partial charge in [-0.05, 0) is 48.6 Å². The van der Waals surface area contributed by atoms with Gasteiger partial charge in [-0.1, -0.05) is 6.07 Å². The fourth-order valence-electron chi connectivity index (χ4n) is 2.31. The minimum atomic E-state index is 0.399. The van der Waals surface area contributed by atoms with E-state index >= 15 is 0 Å². The maximum absolute atomic E-state index is 5.77. The van der Waals surface area contributed by atoms with Gasteiger partial charge in [-0.25, -0.2) is 0 Å². The van der Waals surface area contributed by atoms with Crippen LogP contribution >= 0.6 is 0 Å². The average Bonchev–Trinajstić information content (AvgIpc) is 2.87. The van der Waals surface area contributed by atoms with Gasteiger partial charge in [-0.2, -0.15) is 5.10 Å². The minimum Gasteiger partial charge on any atom is -0.437 e. The van der Waals surface area contributed by atoms with Gasteiger partial charge in [0, 0.05) is 12.1 Å². The average molecular weight is 241 g/mol. The Morgan fingerprint density at radius 1 is 1.17 bits per heavy atom. The summed E-state index contributed by atoms with van der Waals surface area (Å²) < 4.78 is 5.77. The number of benzene rings is 1. The molecule has 1 heterocycles. The molecule has 0 atom stereocenters.